The number of fused-ring (bicyclic) bond motifs is 3. The van der Waals surface area contributed by atoms with Crippen molar-refractivity contribution in [1.29, 1.82) is 0 Å². The zero-order valence-corrected chi connectivity index (χ0v) is 21.6. The summed E-state index contributed by atoms with van der Waals surface area (Å²) in [5.74, 6) is 0.487. The van der Waals surface area contributed by atoms with Crippen LogP contribution in [0.2, 0.25) is 0 Å². The summed E-state index contributed by atoms with van der Waals surface area (Å²) < 4.78 is 11.9. The molecule has 0 saturated heterocycles. The van der Waals surface area contributed by atoms with E-state index in [1.54, 1.807) is 0 Å². The zero-order valence-electron chi connectivity index (χ0n) is 21.6. The molecule has 1 aliphatic carbocycles. The summed E-state index contributed by atoms with van der Waals surface area (Å²) in [4.78, 5) is 13.6. The molecule has 4 heteroatoms. The summed E-state index contributed by atoms with van der Waals surface area (Å²) in [6, 6.07) is 36.3. The van der Waals surface area contributed by atoms with Crippen LogP contribution in [0.1, 0.15) is 43.9 Å². The first kappa shape index (κ1) is 24.8. The van der Waals surface area contributed by atoms with Gasteiger partial charge in [0.05, 0.1) is 12.1 Å². The molecule has 37 heavy (non-hydrogen) atoms. The molecule has 4 nitrogen and oxygen atoms in total. The maximum atomic E-state index is 13.6. The highest BCUT2D eigenvalue weighted by Gasteiger charge is 2.47. The van der Waals surface area contributed by atoms with Crippen LogP contribution in [0.25, 0.3) is 11.1 Å². The number of hydrogen-bond acceptors (Lipinski definition) is 4. The molecular formula is C33H33NO3. The van der Waals surface area contributed by atoms with Gasteiger partial charge in [-0.05, 0) is 60.7 Å². The van der Waals surface area contributed by atoms with Crippen molar-refractivity contribution in [3.05, 3.63) is 126 Å². The molecule has 4 aromatic carbocycles. The quantitative estimate of drug-likeness (QED) is 0.278. The minimum atomic E-state index is -0.719. The molecule has 0 heterocycles. The average Bonchev–Trinajstić information content (AvgIpc) is 3.19. The Morgan fingerprint density at radius 2 is 1.27 bits per heavy atom. The van der Waals surface area contributed by atoms with Crippen molar-refractivity contribution in [1.82, 2.24) is 5.32 Å². The maximum absolute atomic E-state index is 13.6. The van der Waals surface area contributed by atoms with Crippen molar-refractivity contribution in [3.8, 4) is 16.9 Å². The van der Waals surface area contributed by atoms with Crippen LogP contribution in [0.15, 0.2) is 109 Å². The summed E-state index contributed by atoms with van der Waals surface area (Å²) in [7, 11) is 0. The van der Waals surface area contributed by atoms with E-state index in [0.29, 0.717) is 13.0 Å². The monoisotopic (exact) mass is 491 g/mol. The van der Waals surface area contributed by atoms with E-state index >= 15 is 0 Å². The van der Waals surface area contributed by atoms with E-state index < -0.39 is 17.2 Å². The van der Waals surface area contributed by atoms with Crippen molar-refractivity contribution >= 4 is 5.97 Å². The standard InChI is InChI=1S/C33H33NO3/c1-32(2,3)37-31(35)30(22-23-36-25-16-8-5-9-17-25)34-33(24-14-6-4-7-15-24)28-20-12-10-18-26(28)27-19-11-13-21-29(27)33/h4-21,30,34H,22-23H2,1-3H3/t30-/m0/s1. The summed E-state index contributed by atoms with van der Waals surface area (Å²) in [6.45, 7) is 6.07. The molecular weight excluding hydrogens is 458 g/mol. The Morgan fingerprint density at radius 3 is 1.84 bits per heavy atom. The Labute approximate surface area is 219 Å². The first-order valence-corrected chi connectivity index (χ1v) is 12.8. The van der Waals surface area contributed by atoms with Gasteiger partial charge in [0.2, 0.25) is 0 Å². The lowest BCUT2D eigenvalue weighted by Crippen LogP contribution is -2.53. The Kier molecular flexibility index (Phi) is 6.86. The Hall–Kier alpha value is -3.89. The fraction of sp³-hybridized carbons (Fsp3) is 0.242. The number of carbonyl (C=O) groups excluding carboxylic acids is 1. The second-order valence-electron chi connectivity index (χ2n) is 10.4. The maximum Gasteiger partial charge on any atom is 0.323 e. The first-order valence-electron chi connectivity index (χ1n) is 12.8. The van der Waals surface area contributed by atoms with Crippen LogP contribution in [0.5, 0.6) is 5.75 Å². The minimum absolute atomic E-state index is 0.290. The Balaban J connectivity index is 1.58. The Bertz CT molecular complexity index is 1310. The zero-order chi connectivity index (χ0) is 25.9. The van der Waals surface area contributed by atoms with E-state index in [4.69, 9.17) is 9.47 Å². The number of rotatable bonds is 8. The lowest BCUT2D eigenvalue weighted by Gasteiger charge is -2.38. The summed E-state index contributed by atoms with van der Waals surface area (Å²) in [5, 5.41) is 3.81. The van der Waals surface area contributed by atoms with Crippen molar-refractivity contribution in [2.24, 2.45) is 0 Å². The lowest BCUT2D eigenvalue weighted by molar-refractivity contribution is -0.158. The topological polar surface area (TPSA) is 47.6 Å². The second-order valence-corrected chi connectivity index (χ2v) is 10.4. The van der Waals surface area contributed by atoms with E-state index in [2.05, 4.69) is 66.0 Å². The van der Waals surface area contributed by atoms with Gasteiger partial charge in [0.25, 0.3) is 0 Å². The van der Waals surface area contributed by atoms with Crippen LogP contribution in [-0.4, -0.2) is 24.2 Å². The average molecular weight is 492 g/mol. The molecule has 1 N–H and O–H groups in total. The third-order valence-electron chi connectivity index (χ3n) is 6.66. The molecule has 0 aromatic heterocycles. The number of carbonyl (C=O) groups is 1. The minimum Gasteiger partial charge on any atom is -0.494 e. The summed E-state index contributed by atoms with van der Waals surface area (Å²) >= 11 is 0. The third kappa shape index (κ3) is 5.03. The third-order valence-corrected chi connectivity index (χ3v) is 6.66. The molecule has 0 amide bonds. The predicted molar refractivity (Wildman–Crippen MR) is 148 cm³/mol. The number of para-hydroxylation sites is 1. The SMILES string of the molecule is CC(C)(C)OC(=O)[C@H](CCOc1ccccc1)NC1(c2ccccc2)c2ccccc2-c2ccccc21. The molecule has 0 unspecified atom stereocenters. The van der Waals surface area contributed by atoms with Crippen LogP contribution in [-0.2, 0) is 15.1 Å². The highest BCUT2D eigenvalue weighted by atomic mass is 16.6. The van der Waals surface area contributed by atoms with Crippen LogP contribution < -0.4 is 10.1 Å². The highest BCUT2D eigenvalue weighted by Crippen LogP contribution is 2.51. The molecule has 188 valence electrons. The van der Waals surface area contributed by atoms with Gasteiger partial charge < -0.3 is 9.47 Å². The van der Waals surface area contributed by atoms with E-state index in [9.17, 15) is 4.79 Å². The van der Waals surface area contributed by atoms with Gasteiger partial charge in [0.1, 0.15) is 17.4 Å². The number of nitrogens with one attached hydrogen (secondary N) is 1. The van der Waals surface area contributed by atoms with Crippen LogP contribution >= 0.6 is 0 Å². The normalized spacial score (nSPS) is 14.4. The molecule has 0 saturated carbocycles. The van der Waals surface area contributed by atoms with Crippen LogP contribution in [0.4, 0.5) is 0 Å². The van der Waals surface area contributed by atoms with Gasteiger partial charge in [-0.1, -0.05) is 97.1 Å². The molecule has 5 rings (SSSR count). The van der Waals surface area contributed by atoms with E-state index in [-0.39, 0.29) is 5.97 Å². The van der Waals surface area contributed by atoms with Crippen molar-refractivity contribution < 1.29 is 14.3 Å². The number of esters is 1. The van der Waals surface area contributed by atoms with Gasteiger partial charge in [-0.3, -0.25) is 10.1 Å². The number of benzene rings is 4. The van der Waals surface area contributed by atoms with Gasteiger partial charge in [-0.25, -0.2) is 0 Å². The summed E-state index contributed by atoms with van der Waals surface area (Å²) in [5.41, 5.74) is 4.33. The fourth-order valence-electron chi connectivity index (χ4n) is 5.17. The molecule has 1 atom stereocenters. The van der Waals surface area contributed by atoms with Gasteiger partial charge in [0.15, 0.2) is 0 Å². The lowest BCUT2D eigenvalue weighted by atomic mass is 9.79. The van der Waals surface area contributed by atoms with E-state index in [0.717, 1.165) is 33.6 Å². The van der Waals surface area contributed by atoms with Gasteiger partial charge in [-0.2, -0.15) is 0 Å². The smallest absolute Gasteiger partial charge is 0.323 e. The van der Waals surface area contributed by atoms with Gasteiger partial charge in [0, 0.05) is 6.42 Å². The van der Waals surface area contributed by atoms with Gasteiger partial charge >= 0.3 is 5.97 Å². The van der Waals surface area contributed by atoms with E-state index in [1.165, 1.54) is 0 Å². The molecule has 0 bridgehead atoms. The van der Waals surface area contributed by atoms with Crippen LogP contribution in [0.3, 0.4) is 0 Å². The van der Waals surface area contributed by atoms with Gasteiger partial charge in [-0.15, -0.1) is 0 Å². The van der Waals surface area contributed by atoms with Crippen molar-refractivity contribution in [2.75, 3.05) is 6.61 Å². The van der Waals surface area contributed by atoms with E-state index in [1.807, 2.05) is 69.3 Å². The fourth-order valence-corrected chi connectivity index (χ4v) is 5.17. The number of hydrogen-bond donors (Lipinski definition) is 1. The molecule has 1 aliphatic rings. The molecule has 0 radical (unpaired) electrons. The summed E-state index contributed by atoms with van der Waals surface area (Å²) in [6.07, 6.45) is 0.447. The second kappa shape index (κ2) is 10.2. The molecule has 0 spiro atoms. The number of ether oxygens (including phenoxy) is 2. The first-order chi connectivity index (χ1) is 17.9. The largest absolute Gasteiger partial charge is 0.494 e. The Morgan fingerprint density at radius 1 is 0.757 bits per heavy atom. The van der Waals surface area contributed by atoms with Crippen molar-refractivity contribution in [2.45, 2.75) is 44.4 Å². The molecule has 0 aliphatic heterocycles. The molecule has 0 fully saturated rings. The highest BCUT2D eigenvalue weighted by molar-refractivity contribution is 5.84. The predicted octanol–water partition coefficient (Wildman–Crippen LogP) is 6.73. The van der Waals surface area contributed by atoms with Crippen molar-refractivity contribution in [3.63, 3.8) is 0 Å². The molecule has 4 aromatic rings. The van der Waals surface area contributed by atoms with Crippen LogP contribution in [0, 0.1) is 0 Å².